The summed E-state index contributed by atoms with van der Waals surface area (Å²) in [6.07, 6.45) is 0.617. The molecule has 1 saturated heterocycles. The summed E-state index contributed by atoms with van der Waals surface area (Å²) in [5.41, 5.74) is 0.918. The summed E-state index contributed by atoms with van der Waals surface area (Å²) in [7, 11) is 0. The number of alkyl carbamates (subject to hydrolysis) is 1. The third kappa shape index (κ3) is 7.90. The van der Waals surface area contributed by atoms with Crippen molar-refractivity contribution in [2.75, 3.05) is 13.1 Å². The molecule has 2 heterocycles. The zero-order chi connectivity index (χ0) is 25.6. The molecule has 0 saturated carbocycles. The summed E-state index contributed by atoms with van der Waals surface area (Å²) < 4.78 is 5.44. The molecule has 1 aliphatic heterocycles. The van der Waals surface area contributed by atoms with Crippen molar-refractivity contribution in [1.29, 1.82) is 0 Å². The van der Waals surface area contributed by atoms with Crippen molar-refractivity contribution in [2.45, 2.75) is 84.2 Å². The van der Waals surface area contributed by atoms with Crippen molar-refractivity contribution in [3.63, 3.8) is 0 Å². The number of β-amino-alcohol motifs (C(OH)–C–C–N with tert-alkyl or cyclic N) is 1. The second-order valence-corrected chi connectivity index (χ2v) is 10.8. The van der Waals surface area contributed by atoms with Gasteiger partial charge in [0.2, 0.25) is 5.91 Å². The van der Waals surface area contributed by atoms with E-state index in [2.05, 4.69) is 10.6 Å². The molecule has 1 aromatic heterocycles. The molecule has 8 heteroatoms. The van der Waals surface area contributed by atoms with Crippen LogP contribution in [0.15, 0.2) is 36.4 Å². The largest absolute Gasteiger partial charge is 0.444 e. The van der Waals surface area contributed by atoms with Gasteiger partial charge in [-0.3, -0.25) is 9.78 Å². The number of amides is 2. The van der Waals surface area contributed by atoms with Crippen molar-refractivity contribution in [1.82, 2.24) is 20.5 Å². The van der Waals surface area contributed by atoms with Gasteiger partial charge in [-0.2, -0.15) is 0 Å². The molecule has 0 radical (unpaired) electrons. The van der Waals surface area contributed by atoms with Crippen LogP contribution in [0.2, 0.25) is 0 Å². The molecular formula is C27H40N4O4. The molecule has 3 rings (SSSR count). The van der Waals surface area contributed by atoms with Gasteiger partial charge in [0.25, 0.3) is 0 Å². The molecule has 2 unspecified atom stereocenters. The number of carbonyl (C=O) groups is 2. The van der Waals surface area contributed by atoms with Gasteiger partial charge in [-0.15, -0.1) is 0 Å². The number of hydrogen-bond acceptors (Lipinski definition) is 6. The lowest BCUT2D eigenvalue weighted by molar-refractivity contribution is -0.140. The Morgan fingerprint density at radius 3 is 2.69 bits per heavy atom. The Kier molecular flexibility index (Phi) is 9.08. The highest BCUT2D eigenvalue weighted by Gasteiger charge is 2.36. The Morgan fingerprint density at radius 2 is 1.97 bits per heavy atom. The average molecular weight is 485 g/mol. The van der Waals surface area contributed by atoms with Crippen LogP contribution in [-0.2, 0) is 16.1 Å². The highest BCUT2D eigenvalue weighted by molar-refractivity contribution is 5.86. The fourth-order valence-corrected chi connectivity index (χ4v) is 4.45. The number of ether oxygens (including phenoxy) is 1. The highest BCUT2D eigenvalue weighted by atomic mass is 16.6. The van der Waals surface area contributed by atoms with Gasteiger partial charge in [0.15, 0.2) is 0 Å². The predicted octanol–water partition coefficient (Wildman–Crippen LogP) is 3.62. The first-order valence-electron chi connectivity index (χ1n) is 12.6. The monoisotopic (exact) mass is 484 g/mol. The van der Waals surface area contributed by atoms with Crippen LogP contribution >= 0.6 is 0 Å². The molecule has 0 bridgehead atoms. The Hall–Kier alpha value is -2.71. The van der Waals surface area contributed by atoms with Gasteiger partial charge < -0.3 is 25.4 Å². The Morgan fingerprint density at radius 1 is 1.23 bits per heavy atom. The second-order valence-electron chi connectivity index (χ2n) is 10.8. The maximum absolute atomic E-state index is 14.0. The number of para-hydroxylation sites is 1. The van der Waals surface area contributed by atoms with E-state index >= 15 is 0 Å². The van der Waals surface area contributed by atoms with Gasteiger partial charge in [0.05, 0.1) is 29.9 Å². The van der Waals surface area contributed by atoms with Crippen molar-refractivity contribution in [2.24, 2.45) is 5.92 Å². The number of carbonyl (C=O) groups excluding carboxylic acids is 2. The van der Waals surface area contributed by atoms with E-state index in [1.807, 2.05) is 50.2 Å². The first-order chi connectivity index (χ1) is 16.5. The van der Waals surface area contributed by atoms with Gasteiger partial charge >= 0.3 is 6.09 Å². The molecule has 3 atom stereocenters. The van der Waals surface area contributed by atoms with E-state index in [0.717, 1.165) is 29.6 Å². The van der Waals surface area contributed by atoms with Crippen LogP contribution in [0.25, 0.3) is 10.9 Å². The lowest BCUT2D eigenvalue weighted by Gasteiger charge is -2.36. The number of fused-ring (bicyclic) bond motifs is 1. The smallest absolute Gasteiger partial charge is 0.408 e. The number of nitrogens with zero attached hydrogens (tertiary/aromatic N) is 2. The Balaban J connectivity index is 1.92. The maximum atomic E-state index is 14.0. The summed E-state index contributed by atoms with van der Waals surface area (Å²) in [5.74, 6) is -0.0641. The van der Waals surface area contributed by atoms with Gasteiger partial charge in [-0.05, 0) is 64.6 Å². The normalized spacial score (nSPS) is 19.7. The lowest BCUT2D eigenvalue weighted by Crippen LogP contribution is -2.56. The first-order valence-corrected chi connectivity index (χ1v) is 12.6. The van der Waals surface area contributed by atoms with Gasteiger partial charge in [-0.25, -0.2) is 4.79 Å². The number of pyridine rings is 1. The average Bonchev–Trinajstić information content (AvgIpc) is 2.99. The number of aliphatic hydroxyl groups is 1. The van der Waals surface area contributed by atoms with Crippen LogP contribution < -0.4 is 10.6 Å². The summed E-state index contributed by atoms with van der Waals surface area (Å²) in [4.78, 5) is 33.1. The Labute approximate surface area is 208 Å². The number of aromatic nitrogens is 1. The minimum Gasteiger partial charge on any atom is -0.444 e. The van der Waals surface area contributed by atoms with Crippen molar-refractivity contribution in [3.8, 4) is 0 Å². The zero-order valence-corrected chi connectivity index (χ0v) is 21.6. The zero-order valence-electron chi connectivity index (χ0n) is 21.6. The molecule has 192 valence electrons. The van der Waals surface area contributed by atoms with E-state index in [-0.39, 0.29) is 24.4 Å². The number of benzene rings is 1. The second kappa shape index (κ2) is 11.8. The Bertz CT molecular complexity index is 1000. The predicted molar refractivity (Wildman–Crippen MR) is 137 cm³/mol. The fraction of sp³-hybridized carbons (Fsp3) is 0.593. The van der Waals surface area contributed by atoms with Gasteiger partial charge in [0.1, 0.15) is 11.6 Å². The maximum Gasteiger partial charge on any atom is 0.408 e. The van der Waals surface area contributed by atoms with E-state index in [4.69, 9.17) is 9.72 Å². The van der Waals surface area contributed by atoms with E-state index in [1.54, 1.807) is 25.7 Å². The minimum absolute atomic E-state index is 0.167. The fourth-order valence-electron chi connectivity index (χ4n) is 4.45. The van der Waals surface area contributed by atoms with E-state index < -0.39 is 23.8 Å². The van der Waals surface area contributed by atoms with Crippen LogP contribution in [0.5, 0.6) is 0 Å². The van der Waals surface area contributed by atoms with Gasteiger partial charge in [-0.1, -0.05) is 38.1 Å². The molecule has 0 spiro atoms. The molecular weight excluding hydrogens is 444 g/mol. The number of rotatable bonds is 7. The third-order valence-corrected chi connectivity index (χ3v) is 6.02. The molecule has 8 nitrogen and oxygen atoms in total. The third-order valence-electron chi connectivity index (χ3n) is 6.02. The van der Waals surface area contributed by atoms with Crippen LogP contribution in [0, 0.1) is 5.92 Å². The lowest BCUT2D eigenvalue weighted by atomic mass is 9.99. The summed E-state index contributed by atoms with van der Waals surface area (Å²) in [6.45, 7) is 10.8. The topological polar surface area (TPSA) is 104 Å². The quantitative estimate of drug-likeness (QED) is 0.555. The van der Waals surface area contributed by atoms with Crippen molar-refractivity contribution < 1.29 is 19.4 Å². The summed E-state index contributed by atoms with van der Waals surface area (Å²) >= 11 is 0. The van der Waals surface area contributed by atoms with E-state index in [9.17, 15) is 14.7 Å². The molecule has 1 aromatic carbocycles. The molecule has 2 amide bonds. The standard InChI is InChI=1S/C27H40N4O4/c1-18(2)15-22(30-26(34)35-27(3,4)5)25(33)31(23-11-8-14-28-16-24(23)32)17-20-13-12-19-9-6-7-10-21(19)29-20/h6-7,9-10,12-13,18,22-24,28,32H,8,11,14-17H2,1-5H3,(H,30,34)/t22?,23?,24-/m0/s1. The van der Waals surface area contributed by atoms with Crippen molar-refractivity contribution in [3.05, 3.63) is 42.1 Å². The van der Waals surface area contributed by atoms with Crippen LogP contribution in [0.1, 0.15) is 59.6 Å². The van der Waals surface area contributed by atoms with Crippen LogP contribution in [-0.4, -0.2) is 63.9 Å². The summed E-state index contributed by atoms with van der Waals surface area (Å²) in [5, 5.41) is 18.0. The number of hydrogen-bond donors (Lipinski definition) is 3. The molecule has 1 aliphatic rings. The molecule has 2 aromatic rings. The highest BCUT2D eigenvalue weighted by Crippen LogP contribution is 2.22. The SMILES string of the molecule is CC(C)CC(NC(=O)OC(C)(C)C)C(=O)N(Cc1ccc2ccccc2n1)C1CCCNC[C@@H]1O. The minimum atomic E-state index is -0.770. The molecule has 35 heavy (non-hydrogen) atoms. The van der Waals surface area contributed by atoms with E-state index in [1.165, 1.54) is 0 Å². The number of aliphatic hydroxyl groups excluding tert-OH is 1. The van der Waals surface area contributed by atoms with Gasteiger partial charge in [0, 0.05) is 11.9 Å². The molecule has 1 fully saturated rings. The molecule has 0 aliphatic carbocycles. The van der Waals surface area contributed by atoms with Crippen LogP contribution in [0.4, 0.5) is 4.79 Å². The number of nitrogens with one attached hydrogen (secondary N) is 2. The van der Waals surface area contributed by atoms with Crippen LogP contribution in [0.3, 0.4) is 0 Å². The van der Waals surface area contributed by atoms with Crippen molar-refractivity contribution >= 4 is 22.9 Å². The summed E-state index contributed by atoms with van der Waals surface area (Å²) in [6, 6.07) is 10.6. The first kappa shape index (κ1) is 26.9. The molecule has 3 N–H and O–H groups in total. The van der Waals surface area contributed by atoms with E-state index in [0.29, 0.717) is 19.4 Å².